The molecular formula is C16H24BrN3O. The summed E-state index contributed by atoms with van der Waals surface area (Å²) in [6, 6.07) is 6.18. The summed E-state index contributed by atoms with van der Waals surface area (Å²) in [6.45, 7) is 5.15. The van der Waals surface area contributed by atoms with Crippen molar-refractivity contribution in [3.63, 3.8) is 0 Å². The number of nitrogens with one attached hydrogen (secondary N) is 1. The van der Waals surface area contributed by atoms with Crippen molar-refractivity contribution >= 4 is 27.5 Å². The number of unbranched alkanes of at least 4 members (excludes halogenated alkanes) is 1. The number of carbonyl (C=O) groups is 1. The Hall–Kier alpha value is -1.07. The van der Waals surface area contributed by atoms with Crippen LogP contribution in [-0.2, 0) is 0 Å². The predicted octanol–water partition coefficient (Wildman–Crippen LogP) is 2.91. The molecule has 21 heavy (non-hydrogen) atoms. The number of amides is 1. The van der Waals surface area contributed by atoms with E-state index in [1.807, 2.05) is 18.2 Å². The van der Waals surface area contributed by atoms with E-state index in [4.69, 9.17) is 5.73 Å². The first kappa shape index (κ1) is 16.3. The lowest BCUT2D eigenvalue weighted by Gasteiger charge is -2.29. The zero-order chi connectivity index (χ0) is 15.2. The van der Waals surface area contributed by atoms with Gasteiger partial charge in [-0.25, -0.2) is 0 Å². The Kier molecular flexibility index (Phi) is 6.06. The molecule has 1 unspecified atom stereocenters. The van der Waals surface area contributed by atoms with Crippen LogP contribution in [0.4, 0.5) is 5.69 Å². The van der Waals surface area contributed by atoms with Crippen molar-refractivity contribution in [2.45, 2.75) is 38.6 Å². The SMILES string of the molecule is CCCCN(CC1CCCN1)c1cc(Br)ccc1C(N)=O. The van der Waals surface area contributed by atoms with Gasteiger partial charge in [-0.05, 0) is 44.0 Å². The number of nitrogens with two attached hydrogens (primary N) is 1. The molecule has 1 atom stereocenters. The van der Waals surface area contributed by atoms with Crippen LogP contribution < -0.4 is 16.0 Å². The Labute approximate surface area is 135 Å². The van der Waals surface area contributed by atoms with Gasteiger partial charge < -0.3 is 16.0 Å². The Balaban J connectivity index is 2.25. The van der Waals surface area contributed by atoms with E-state index in [1.54, 1.807) is 0 Å². The van der Waals surface area contributed by atoms with E-state index in [1.165, 1.54) is 12.8 Å². The molecule has 0 aliphatic carbocycles. The van der Waals surface area contributed by atoms with E-state index < -0.39 is 0 Å². The van der Waals surface area contributed by atoms with Gasteiger partial charge in [0.2, 0.25) is 0 Å². The van der Waals surface area contributed by atoms with Crippen LogP contribution >= 0.6 is 15.9 Å². The number of benzene rings is 1. The molecular weight excluding hydrogens is 330 g/mol. The number of anilines is 1. The maximum atomic E-state index is 11.7. The first-order chi connectivity index (χ1) is 10.1. The molecule has 1 amide bonds. The molecule has 0 bridgehead atoms. The van der Waals surface area contributed by atoms with Gasteiger partial charge in [0, 0.05) is 23.6 Å². The molecule has 1 aromatic carbocycles. The van der Waals surface area contributed by atoms with Crippen LogP contribution in [0.3, 0.4) is 0 Å². The van der Waals surface area contributed by atoms with Crippen molar-refractivity contribution < 1.29 is 4.79 Å². The fourth-order valence-electron chi connectivity index (χ4n) is 2.81. The Morgan fingerprint density at radius 1 is 1.52 bits per heavy atom. The van der Waals surface area contributed by atoms with Crippen LogP contribution in [0.1, 0.15) is 43.0 Å². The van der Waals surface area contributed by atoms with Crippen LogP contribution in [0, 0.1) is 0 Å². The first-order valence-corrected chi connectivity index (χ1v) is 8.48. The van der Waals surface area contributed by atoms with Crippen LogP contribution in [0.5, 0.6) is 0 Å². The Bertz CT molecular complexity index is 486. The lowest BCUT2D eigenvalue weighted by molar-refractivity contribution is 0.100. The highest BCUT2D eigenvalue weighted by molar-refractivity contribution is 9.10. The normalized spacial score (nSPS) is 17.9. The fourth-order valence-corrected chi connectivity index (χ4v) is 3.16. The third-order valence-corrected chi connectivity index (χ3v) is 4.44. The highest BCUT2D eigenvalue weighted by Crippen LogP contribution is 2.26. The van der Waals surface area contributed by atoms with Gasteiger partial charge in [0.15, 0.2) is 0 Å². The summed E-state index contributed by atoms with van der Waals surface area (Å²) in [4.78, 5) is 14.0. The largest absolute Gasteiger partial charge is 0.369 e. The highest BCUT2D eigenvalue weighted by atomic mass is 79.9. The predicted molar refractivity (Wildman–Crippen MR) is 90.8 cm³/mol. The zero-order valence-corrected chi connectivity index (χ0v) is 14.2. The number of carbonyl (C=O) groups excluding carboxylic acids is 1. The summed E-state index contributed by atoms with van der Waals surface area (Å²) in [5.41, 5.74) is 7.09. The third kappa shape index (κ3) is 4.45. The van der Waals surface area contributed by atoms with E-state index >= 15 is 0 Å². The second kappa shape index (κ2) is 7.80. The smallest absolute Gasteiger partial charge is 0.250 e. The molecule has 0 aromatic heterocycles. The van der Waals surface area contributed by atoms with E-state index in [0.717, 1.165) is 42.6 Å². The third-order valence-electron chi connectivity index (χ3n) is 3.95. The molecule has 4 nitrogen and oxygen atoms in total. The summed E-state index contributed by atoms with van der Waals surface area (Å²) in [6.07, 6.45) is 4.67. The minimum atomic E-state index is -0.363. The summed E-state index contributed by atoms with van der Waals surface area (Å²) in [7, 11) is 0. The van der Waals surface area contributed by atoms with Crippen molar-refractivity contribution in [3.8, 4) is 0 Å². The maximum Gasteiger partial charge on any atom is 0.250 e. The van der Waals surface area contributed by atoms with Gasteiger partial charge in [-0.2, -0.15) is 0 Å². The minimum absolute atomic E-state index is 0.363. The minimum Gasteiger partial charge on any atom is -0.369 e. The molecule has 1 aliphatic heterocycles. The van der Waals surface area contributed by atoms with E-state index in [-0.39, 0.29) is 5.91 Å². The number of nitrogens with zero attached hydrogens (tertiary/aromatic N) is 1. The average Bonchev–Trinajstić information content (AvgIpc) is 2.96. The number of hydrogen-bond donors (Lipinski definition) is 2. The maximum absolute atomic E-state index is 11.7. The first-order valence-electron chi connectivity index (χ1n) is 7.69. The molecule has 1 heterocycles. The fraction of sp³-hybridized carbons (Fsp3) is 0.562. The molecule has 3 N–H and O–H groups in total. The van der Waals surface area contributed by atoms with Gasteiger partial charge in [0.1, 0.15) is 0 Å². The molecule has 1 aromatic rings. The van der Waals surface area contributed by atoms with Crippen LogP contribution in [0.25, 0.3) is 0 Å². The van der Waals surface area contributed by atoms with Crippen LogP contribution in [-0.4, -0.2) is 31.6 Å². The van der Waals surface area contributed by atoms with Gasteiger partial charge in [-0.3, -0.25) is 4.79 Å². The summed E-state index contributed by atoms with van der Waals surface area (Å²) < 4.78 is 0.975. The van der Waals surface area contributed by atoms with Crippen molar-refractivity contribution in [3.05, 3.63) is 28.2 Å². The highest BCUT2D eigenvalue weighted by Gasteiger charge is 2.21. The van der Waals surface area contributed by atoms with Crippen LogP contribution in [0.15, 0.2) is 22.7 Å². The van der Waals surface area contributed by atoms with Crippen molar-refractivity contribution in [2.75, 3.05) is 24.5 Å². The second-order valence-corrected chi connectivity index (χ2v) is 6.53. The second-order valence-electron chi connectivity index (χ2n) is 5.62. The van der Waals surface area contributed by atoms with Gasteiger partial charge in [-0.1, -0.05) is 29.3 Å². The molecule has 1 aliphatic rings. The van der Waals surface area contributed by atoms with Gasteiger partial charge in [-0.15, -0.1) is 0 Å². The monoisotopic (exact) mass is 353 g/mol. The van der Waals surface area contributed by atoms with Crippen molar-refractivity contribution in [1.29, 1.82) is 0 Å². The quantitative estimate of drug-likeness (QED) is 0.792. The molecule has 1 saturated heterocycles. The van der Waals surface area contributed by atoms with Gasteiger partial charge in [0.05, 0.1) is 11.3 Å². The molecule has 1 fully saturated rings. The van der Waals surface area contributed by atoms with E-state index in [0.29, 0.717) is 11.6 Å². The van der Waals surface area contributed by atoms with Crippen LogP contribution in [0.2, 0.25) is 0 Å². The summed E-state index contributed by atoms with van der Waals surface area (Å²) in [5, 5.41) is 3.53. The number of halogens is 1. The summed E-state index contributed by atoms with van der Waals surface area (Å²) >= 11 is 3.50. The van der Waals surface area contributed by atoms with Crippen molar-refractivity contribution in [1.82, 2.24) is 5.32 Å². The van der Waals surface area contributed by atoms with E-state index in [2.05, 4.69) is 33.1 Å². The molecule has 5 heteroatoms. The molecule has 0 spiro atoms. The lowest BCUT2D eigenvalue weighted by atomic mass is 10.1. The van der Waals surface area contributed by atoms with E-state index in [9.17, 15) is 4.79 Å². The Morgan fingerprint density at radius 2 is 2.33 bits per heavy atom. The number of rotatable bonds is 7. The molecule has 2 rings (SSSR count). The number of primary amides is 1. The number of hydrogen-bond acceptors (Lipinski definition) is 3. The zero-order valence-electron chi connectivity index (χ0n) is 12.6. The lowest BCUT2D eigenvalue weighted by Crippen LogP contribution is -2.39. The van der Waals surface area contributed by atoms with Gasteiger partial charge >= 0.3 is 0 Å². The Morgan fingerprint density at radius 3 is 2.95 bits per heavy atom. The molecule has 116 valence electrons. The van der Waals surface area contributed by atoms with Crippen molar-refractivity contribution in [2.24, 2.45) is 5.73 Å². The average molecular weight is 354 g/mol. The summed E-state index contributed by atoms with van der Waals surface area (Å²) in [5.74, 6) is -0.363. The molecule has 0 radical (unpaired) electrons. The van der Waals surface area contributed by atoms with Gasteiger partial charge in [0.25, 0.3) is 5.91 Å². The standard InChI is InChI=1S/C16H24BrN3O/c1-2-3-9-20(11-13-5-4-8-19-13)15-10-12(17)6-7-14(15)16(18)21/h6-7,10,13,19H,2-5,8-9,11H2,1H3,(H2,18,21). The molecule has 0 saturated carbocycles. The topological polar surface area (TPSA) is 58.4 Å².